The zero-order valence-corrected chi connectivity index (χ0v) is 12.2. The highest BCUT2D eigenvalue weighted by atomic mass is 32.1. The number of thiazole rings is 1. The standard InChI is InChI=1S/C15H18FNOS/c1-10-9-19-14(17-10)8-13(18)15(2,3)11-4-6-12(16)7-5-11/h4-7,9,13,18H,8H2,1-3H3. The summed E-state index contributed by atoms with van der Waals surface area (Å²) < 4.78 is 13.0. The van der Waals surface area contributed by atoms with E-state index in [1.165, 1.54) is 12.1 Å². The zero-order valence-electron chi connectivity index (χ0n) is 11.4. The Hall–Kier alpha value is -1.26. The van der Waals surface area contributed by atoms with Gasteiger partial charge < -0.3 is 5.11 Å². The van der Waals surface area contributed by atoms with Gasteiger partial charge in [0.1, 0.15) is 5.82 Å². The molecule has 1 aromatic carbocycles. The number of nitrogens with zero attached hydrogens (tertiary/aromatic N) is 1. The molecule has 0 radical (unpaired) electrons. The smallest absolute Gasteiger partial charge is 0.123 e. The summed E-state index contributed by atoms with van der Waals surface area (Å²) in [5.74, 6) is -0.260. The number of hydrogen-bond acceptors (Lipinski definition) is 3. The molecule has 0 bridgehead atoms. The van der Waals surface area contributed by atoms with Gasteiger partial charge in [-0.05, 0) is 24.6 Å². The minimum atomic E-state index is -0.552. The molecule has 1 N–H and O–H groups in total. The van der Waals surface area contributed by atoms with Crippen LogP contribution in [-0.4, -0.2) is 16.2 Å². The number of aryl methyl sites for hydroxylation is 1. The summed E-state index contributed by atoms with van der Waals surface area (Å²) in [7, 11) is 0. The minimum Gasteiger partial charge on any atom is -0.392 e. The van der Waals surface area contributed by atoms with E-state index in [2.05, 4.69) is 4.98 Å². The number of halogens is 1. The topological polar surface area (TPSA) is 33.1 Å². The Kier molecular flexibility index (Phi) is 4.02. The van der Waals surface area contributed by atoms with Crippen molar-refractivity contribution in [3.63, 3.8) is 0 Å². The number of hydrogen-bond donors (Lipinski definition) is 1. The molecular formula is C15H18FNOS. The van der Waals surface area contributed by atoms with Crippen molar-refractivity contribution in [2.24, 2.45) is 0 Å². The molecule has 1 heterocycles. The Labute approximate surface area is 116 Å². The van der Waals surface area contributed by atoms with Crippen LogP contribution in [0.5, 0.6) is 0 Å². The van der Waals surface area contributed by atoms with E-state index < -0.39 is 11.5 Å². The first-order chi connectivity index (χ1) is 8.89. The summed E-state index contributed by atoms with van der Waals surface area (Å²) in [5, 5.41) is 13.3. The highest BCUT2D eigenvalue weighted by molar-refractivity contribution is 7.09. The highest BCUT2D eigenvalue weighted by Gasteiger charge is 2.30. The molecule has 4 heteroatoms. The van der Waals surface area contributed by atoms with Gasteiger partial charge in [-0.15, -0.1) is 11.3 Å². The van der Waals surface area contributed by atoms with Crippen molar-refractivity contribution < 1.29 is 9.50 Å². The Balaban J connectivity index is 2.16. The van der Waals surface area contributed by atoms with E-state index in [1.54, 1.807) is 23.5 Å². The van der Waals surface area contributed by atoms with Gasteiger partial charge in [-0.1, -0.05) is 26.0 Å². The fraction of sp³-hybridized carbons (Fsp3) is 0.400. The third-order valence-corrected chi connectivity index (χ3v) is 4.44. The van der Waals surface area contributed by atoms with Gasteiger partial charge in [0, 0.05) is 22.9 Å². The lowest BCUT2D eigenvalue weighted by molar-refractivity contribution is 0.0998. The molecule has 2 nitrogen and oxygen atoms in total. The van der Waals surface area contributed by atoms with Gasteiger partial charge in [-0.25, -0.2) is 9.37 Å². The number of aromatic nitrogens is 1. The first kappa shape index (κ1) is 14.2. The summed E-state index contributed by atoms with van der Waals surface area (Å²) in [5.41, 5.74) is 1.47. The molecule has 0 aliphatic rings. The van der Waals surface area contributed by atoms with Crippen LogP contribution in [0.25, 0.3) is 0 Å². The van der Waals surface area contributed by atoms with Crippen LogP contribution < -0.4 is 0 Å². The van der Waals surface area contributed by atoms with E-state index in [-0.39, 0.29) is 5.82 Å². The molecule has 0 aliphatic heterocycles. The number of aliphatic hydroxyl groups excluding tert-OH is 1. The molecule has 102 valence electrons. The van der Waals surface area contributed by atoms with E-state index in [4.69, 9.17) is 0 Å². The first-order valence-electron chi connectivity index (χ1n) is 6.24. The van der Waals surface area contributed by atoms with Crippen molar-refractivity contribution in [2.75, 3.05) is 0 Å². The predicted octanol–water partition coefficient (Wildman–Crippen LogP) is 3.47. The van der Waals surface area contributed by atoms with Crippen molar-refractivity contribution in [3.8, 4) is 0 Å². The van der Waals surface area contributed by atoms with Gasteiger partial charge in [0.15, 0.2) is 0 Å². The normalized spacial score (nSPS) is 13.5. The molecule has 0 spiro atoms. The zero-order chi connectivity index (χ0) is 14.0. The first-order valence-corrected chi connectivity index (χ1v) is 7.12. The van der Waals surface area contributed by atoms with Crippen LogP contribution in [0.1, 0.15) is 30.1 Å². The molecule has 0 saturated carbocycles. The Morgan fingerprint density at radius 2 is 1.95 bits per heavy atom. The quantitative estimate of drug-likeness (QED) is 0.929. The average molecular weight is 279 g/mol. The van der Waals surface area contributed by atoms with E-state index in [9.17, 15) is 9.50 Å². The lowest BCUT2D eigenvalue weighted by Crippen LogP contribution is -2.35. The maximum absolute atomic E-state index is 13.0. The van der Waals surface area contributed by atoms with E-state index >= 15 is 0 Å². The van der Waals surface area contributed by atoms with Crippen molar-refractivity contribution in [1.82, 2.24) is 4.98 Å². The molecule has 1 aromatic heterocycles. The summed E-state index contributed by atoms with van der Waals surface area (Å²) in [6.45, 7) is 5.87. The van der Waals surface area contributed by atoms with Gasteiger partial charge in [0.25, 0.3) is 0 Å². The molecule has 19 heavy (non-hydrogen) atoms. The van der Waals surface area contributed by atoms with E-state index in [0.717, 1.165) is 16.3 Å². The Morgan fingerprint density at radius 3 is 2.47 bits per heavy atom. The molecule has 1 unspecified atom stereocenters. The van der Waals surface area contributed by atoms with Gasteiger partial charge in [0.2, 0.25) is 0 Å². The van der Waals surface area contributed by atoms with Crippen LogP contribution in [0.4, 0.5) is 4.39 Å². The van der Waals surface area contributed by atoms with Crippen LogP contribution in [0.15, 0.2) is 29.6 Å². The molecule has 2 rings (SSSR count). The van der Waals surface area contributed by atoms with Gasteiger partial charge >= 0.3 is 0 Å². The predicted molar refractivity (Wildman–Crippen MR) is 76.0 cm³/mol. The molecule has 0 aliphatic carbocycles. The van der Waals surface area contributed by atoms with Crippen LogP contribution >= 0.6 is 11.3 Å². The van der Waals surface area contributed by atoms with Crippen molar-refractivity contribution in [2.45, 2.75) is 38.7 Å². The third-order valence-electron chi connectivity index (χ3n) is 3.46. The summed E-state index contributed by atoms with van der Waals surface area (Å²) in [4.78, 5) is 4.37. The SMILES string of the molecule is Cc1csc(CC(O)C(C)(C)c2ccc(F)cc2)n1. The van der Waals surface area contributed by atoms with Crippen LogP contribution in [0.2, 0.25) is 0 Å². The van der Waals surface area contributed by atoms with Crippen molar-refractivity contribution >= 4 is 11.3 Å². The van der Waals surface area contributed by atoms with Gasteiger partial charge in [-0.3, -0.25) is 0 Å². The number of rotatable bonds is 4. The highest BCUT2D eigenvalue weighted by Crippen LogP contribution is 2.29. The molecule has 0 amide bonds. The molecule has 0 saturated heterocycles. The fourth-order valence-corrected chi connectivity index (χ4v) is 2.80. The average Bonchev–Trinajstić information content (AvgIpc) is 2.75. The van der Waals surface area contributed by atoms with Crippen LogP contribution in [0.3, 0.4) is 0 Å². The Bertz CT molecular complexity index is 548. The van der Waals surface area contributed by atoms with Crippen molar-refractivity contribution in [1.29, 1.82) is 0 Å². The van der Waals surface area contributed by atoms with E-state index in [1.807, 2.05) is 26.2 Å². The second-order valence-electron chi connectivity index (χ2n) is 5.33. The second-order valence-corrected chi connectivity index (χ2v) is 6.27. The van der Waals surface area contributed by atoms with Crippen LogP contribution in [0, 0.1) is 12.7 Å². The molecule has 1 atom stereocenters. The summed E-state index contributed by atoms with van der Waals surface area (Å²) in [6.07, 6.45) is -0.0356. The number of benzene rings is 1. The maximum Gasteiger partial charge on any atom is 0.123 e. The summed E-state index contributed by atoms with van der Waals surface area (Å²) in [6, 6.07) is 6.31. The lowest BCUT2D eigenvalue weighted by atomic mass is 9.78. The van der Waals surface area contributed by atoms with Crippen LogP contribution in [-0.2, 0) is 11.8 Å². The lowest BCUT2D eigenvalue weighted by Gasteiger charge is -2.30. The number of aliphatic hydroxyl groups is 1. The Morgan fingerprint density at radius 1 is 1.32 bits per heavy atom. The van der Waals surface area contributed by atoms with Crippen molar-refractivity contribution in [3.05, 3.63) is 51.7 Å². The molecule has 2 aromatic rings. The second kappa shape index (κ2) is 5.39. The van der Waals surface area contributed by atoms with Gasteiger partial charge in [-0.2, -0.15) is 0 Å². The largest absolute Gasteiger partial charge is 0.392 e. The van der Waals surface area contributed by atoms with Gasteiger partial charge in [0.05, 0.1) is 11.1 Å². The minimum absolute atomic E-state index is 0.260. The third kappa shape index (κ3) is 3.19. The molecular weight excluding hydrogens is 261 g/mol. The fourth-order valence-electron chi connectivity index (χ4n) is 1.99. The molecule has 0 fully saturated rings. The van der Waals surface area contributed by atoms with E-state index in [0.29, 0.717) is 6.42 Å². The summed E-state index contributed by atoms with van der Waals surface area (Å²) >= 11 is 1.56. The monoisotopic (exact) mass is 279 g/mol. The maximum atomic E-state index is 13.0.